The van der Waals surface area contributed by atoms with Crippen molar-refractivity contribution in [3.63, 3.8) is 0 Å². The summed E-state index contributed by atoms with van der Waals surface area (Å²) in [6, 6.07) is 4.56. The lowest BCUT2D eigenvalue weighted by Gasteiger charge is -2.27. The number of hydroxylamine groups is 1. The summed E-state index contributed by atoms with van der Waals surface area (Å²) in [5, 5.41) is 8.57. The van der Waals surface area contributed by atoms with Gasteiger partial charge in [0.05, 0.1) is 26.1 Å². The molecule has 1 aliphatic heterocycles. The van der Waals surface area contributed by atoms with E-state index >= 15 is 0 Å². The summed E-state index contributed by atoms with van der Waals surface area (Å²) in [4.78, 5) is 27.3. The van der Waals surface area contributed by atoms with Crippen LogP contribution in [0.5, 0.6) is 5.75 Å². The largest absolute Gasteiger partial charge is 0.490 e. The zero-order valence-corrected chi connectivity index (χ0v) is 18.5. The maximum absolute atomic E-state index is 14.4. The molecule has 1 aromatic carbocycles. The smallest absolute Gasteiger partial charge is 0.243 e. The average Bonchev–Trinajstić information content (AvgIpc) is 3.25. The fourth-order valence-electron chi connectivity index (χ4n) is 3.68. The van der Waals surface area contributed by atoms with Gasteiger partial charge in [0, 0.05) is 31.6 Å². The van der Waals surface area contributed by atoms with E-state index in [1.165, 1.54) is 6.07 Å². The minimum Gasteiger partial charge on any atom is -0.490 e. The standard InChI is InChI=1S/C22H27FN6O4/c1-2-7-29-14-24-20-19(25-22(26-21(20)29)28-8-11-32-12-9-28)15-5-6-16(23)17(13-15)33-10-3-4-18(30)27-31/h5-6,13-14,31H,2-4,7-12H2,1H3,(H,27,30). The van der Waals surface area contributed by atoms with Crippen LogP contribution in [0, 0.1) is 5.82 Å². The summed E-state index contributed by atoms with van der Waals surface area (Å²) in [7, 11) is 0. The first-order valence-corrected chi connectivity index (χ1v) is 11.0. The molecule has 10 nitrogen and oxygen atoms in total. The van der Waals surface area contributed by atoms with E-state index in [0.29, 0.717) is 55.4 Å². The van der Waals surface area contributed by atoms with Crippen molar-refractivity contribution in [2.24, 2.45) is 0 Å². The van der Waals surface area contributed by atoms with Crippen molar-refractivity contribution in [2.45, 2.75) is 32.7 Å². The van der Waals surface area contributed by atoms with E-state index in [0.717, 1.165) is 18.6 Å². The van der Waals surface area contributed by atoms with Crippen LogP contribution in [0.25, 0.3) is 22.4 Å². The molecule has 176 valence electrons. The molecule has 1 aliphatic rings. The minimum absolute atomic E-state index is 0.0598. The lowest BCUT2D eigenvalue weighted by molar-refractivity contribution is -0.129. The number of fused-ring (bicyclic) bond motifs is 1. The summed E-state index contributed by atoms with van der Waals surface area (Å²) < 4.78 is 27.4. The molecule has 11 heteroatoms. The zero-order chi connectivity index (χ0) is 23.2. The van der Waals surface area contributed by atoms with Crippen LogP contribution in [-0.2, 0) is 16.1 Å². The molecule has 3 aromatic rings. The number of carbonyl (C=O) groups is 1. The van der Waals surface area contributed by atoms with Gasteiger partial charge in [0.1, 0.15) is 11.2 Å². The van der Waals surface area contributed by atoms with Crippen LogP contribution >= 0.6 is 0 Å². The molecule has 0 bridgehead atoms. The van der Waals surface area contributed by atoms with Gasteiger partial charge in [0.15, 0.2) is 17.2 Å². The molecule has 0 spiro atoms. The fourth-order valence-corrected chi connectivity index (χ4v) is 3.68. The number of nitrogens with one attached hydrogen (secondary N) is 1. The third kappa shape index (κ3) is 5.20. The first kappa shape index (κ1) is 22.9. The number of halogens is 1. The van der Waals surface area contributed by atoms with Gasteiger partial charge in [-0.05, 0) is 31.0 Å². The van der Waals surface area contributed by atoms with E-state index in [1.54, 1.807) is 23.9 Å². The second-order valence-corrected chi connectivity index (χ2v) is 7.71. The highest BCUT2D eigenvalue weighted by Gasteiger charge is 2.21. The molecule has 0 saturated carbocycles. The Morgan fingerprint density at radius 1 is 1.30 bits per heavy atom. The highest BCUT2D eigenvalue weighted by molar-refractivity contribution is 5.88. The van der Waals surface area contributed by atoms with Crippen molar-refractivity contribution in [1.29, 1.82) is 0 Å². The number of nitrogens with zero attached hydrogens (tertiary/aromatic N) is 5. The number of aromatic nitrogens is 4. The third-order valence-electron chi connectivity index (χ3n) is 5.35. The second-order valence-electron chi connectivity index (χ2n) is 7.71. The van der Waals surface area contributed by atoms with Crippen LogP contribution in [-0.4, -0.2) is 63.5 Å². The Hall–Kier alpha value is -3.31. The Morgan fingerprint density at radius 3 is 2.88 bits per heavy atom. The van der Waals surface area contributed by atoms with Crippen molar-refractivity contribution >= 4 is 23.0 Å². The van der Waals surface area contributed by atoms with Crippen molar-refractivity contribution in [3.05, 3.63) is 30.3 Å². The van der Waals surface area contributed by atoms with Crippen LogP contribution in [0.2, 0.25) is 0 Å². The van der Waals surface area contributed by atoms with Crippen LogP contribution in [0.15, 0.2) is 24.5 Å². The number of rotatable bonds is 9. The Morgan fingerprint density at radius 2 is 2.12 bits per heavy atom. The molecule has 3 heterocycles. The van der Waals surface area contributed by atoms with Crippen LogP contribution < -0.4 is 15.1 Å². The van der Waals surface area contributed by atoms with E-state index in [9.17, 15) is 9.18 Å². The highest BCUT2D eigenvalue weighted by atomic mass is 19.1. The molecule has 33 heavy (non-hydrogen) atoms. The number of hydrogen-bond donors (Lipinski definition) is 2. The third-order valence-corrected chi connectivity index (χ3v) is 5.35. The number of ether oxygens (including phenoxy) is 2. The van der Waals surface area contributed by atoms with Gasteiger partial charge in [-0.3, -0.25) is 10.0 Å². The minimum atomic E-state index is -0.519. The Kier molecular flexibility index (Phi) is 7.30. The number of anilines is 1. The first-order valence-electron chi connectivity index (χ1n) is 11.0. The van der Waals surface area contributed by atoms with E-state index in [-0.39, 0.29) is 18.8 Å². The maximum Gasteiger partial charge on any atom is 0.243 e. The van der Waals surface area contributed by atoms with Crippen LogP contribution in [0.3, 0.4) is 0 Å². The molecule has 1 amide bonds. The molecular weight excluding hydrogens is 431 g/mol. The lowest BCUT2D eigenvalue weighted by Crippen LogP contribution is -2.37. The topological polar surface area (TPSA) is 115 Å². The molecule has 0 atom stereocenters. The molecule has 1 fully saturated rings. The van der Waals surface area contributed by atoms with Crippen molar-refractivity contribution in [3.8, 4) is 17.0 Å². The fraction of sp³-hybridized carbons (Fsp3) is 0.455. The molecule has 2 N–H and O–H groups in total. The predicted molar refractivity (Wildman–Crippen MR) is 119 cm³/mol. The van der Waals surface area contributed by atoms with Gasteiger partial charge in [0.25, 0.3) is 0 Å². The number of morpholine rings is 1. The summed E-state index contributed by atoms with van der Waals surface area (Å²) in [6.45, 7) is 5.57. The normalized spacial score (nSPS) is 14.0. The van der Waals surface area contributed by atoms with Gasteiger partial charge >= 0.3 is 0 Å². The average molecular weight is 458 g/mol. The number of carbonyl (C=O) groups excluding carboxylic acids is 1. The van der Waals surface area contributed by atoms with Gasteiger partial charge in [-0.25, -0.2) is 19.8 Å². The van der Waals surface area contributed by atoms with Crippen LogP contribution in [0.1, 0.15) is 26.2 Å². The summed E-state index contributed by atoms with van der Waals surface area (Å²) in [6.07, 6.45) is 3.08. The molecule has 0 unspecified atom stereocenters. The summed E-state index contributed by atoms with van der Waals surface area (Å²) >= 11 is 0. The maximum atomic E-state index is 14.4. The van der Waals surface area contributed by atoms with Crippen LogP contribution in [0.4, 0.5) is 10.3 Å². The van der Waals surface area contributed by atoms with E-state index in [2.05, 4.69) is 16.8 Å². The molecule has 1 saturated heterocycles. The number of hydrogen-bond acceptors (Lipinski definition) is 8. The first-order chi connectivity index (χ1) is 16.1. The van der Waals surface area contributed by atoms with Crippen molar-refractivity contribution < 1.29 is 23.9 Å². The van der Waals surface area contributed by atoms with Gasteiger partial charge in [-0.15, -0.1) is 0 Å². The highest BCUT2D eigenvalue weighted by Crippen LogP contribution is 2.31. The van der Waals surface area contributed by atoms with Gasteiger partial charge in [-0.1, -0.05) is 6.92 Å². The number of imidazole rings is 1. The molecule has 2 aromatic heterocycles. The molecule has 0 radical (unpaired) electrons. The quantitative estimate of drug-likeness (QED) is 0.286. The summed E-state index contributed by atoms with van der Waals surface area (Å²) in [5.74, 6) is -0.389. The molecular formula is C22H27FN6O4. The molecule has 0 aliphatic carbocycles. The second kappa shape index (κ2) is 10.5. The Labute approximate surface area is 190 Å². The molecule has 4 rings (SSSR count). The van der Waals surface area contributed by atoms with E-state index in [1.807, 2.05) is 4.57 Å². The zero-order valence-electron chi connectivity index (χ0n) is 18.5. The Balaban J connectivity index is 1.68. The van der Waals surface area contributed by atoms with Gasteiger partial charge < -0.3 is 18.9 Å². The van der Waals surface area contributed by atoms with Crippen molar-refractivity contribution in [1.82, 2.24) is 25.0 Å². The predicted octanol–water partition coefficient (Wildman–Crippen LogP) is 2.54. The monoisotopic (exact) mass is 458 g/mol. The van der Waals surface area contributed by atoms with E-state index < -0.39 is 11.7 Å². The van der Waals surface area contributed by atoms with Gasteiger partial charge in [-0.2, -0.15) is 4.98 Å². The van der Waals surface area contributed by atoms with E-state index in [4.69, 9.17) is 24.6 Å². The Bertz CT molecular complexity index is 1120. The SMILES string of the molecule is CCCn1cnc2c(-c3ccc(F)c(OCCCC(=O)NO)c3)nc(N3CCOCC3)nc21. The summed E-state index contributed by atoms with van der Waals surface area (Å²) in [5.41, 5.74) is 4.18. The number of amides is 1. The number of benzene rings is 1. The van der Waals surface area contributed by atoms with Gasteiger partial charge in [0.2, 0.25) is 11.9 Å². The lowest BCUT2D eigenvalue weighted by atomic mass is 10.1. The number of aryl methyl sites for hydroxylation is 1. The van der Waals surface area contributed by atoms with Crippen molar-refractivity contribution in [2.75, 3.05) is 37.8 Å².